The number of furan rings is 1. The second-order valence-electron chi connectivity index (χ2n) is 10.5. The molecule has 0 bridgehead atoms. The van der Waals surface area contributed by atoms with E-state index in [1.54, 1.807) is 6.33 Å². The molecule has 2 aromatic heterocycles. The quantitative estimate of drug-likeness (QED) is 0.392. The van der Waals surface area contributed by atoms with Crippen molar-refractivity contribution >= 4 is 22.6 Å². The lowest BCUT2D eigenvalue weighted by Gasteiger charge is -2.38. The molecule has 2 aromatic carbocycles. The summed E-state index contributed by atoms with van der Waals surface area (Å²) in [5.41, 5.74) is 5.17. The molecule has 37 heavy (non-hydrogen) atoms. The van der Waals surface area contributed by atoms with Gasteiger partial charge in [0.05, 0.1) is 5.39 Å². The number of likely N-dealkylation sites (N-methyl/N-ethyl adjacent to an activating group) is 1. The van der Waals surface area contributed by atoms with Gasteiger partial charge < -0.3 is 19.1 Å². The highest BCUT2D eigenvalue weighted by Crippen LogP contribution is 2.43. The first kappa shape index (κ1) is 23.9. The van der Waals surface area contributed by atoms with Crippen molar-refractivity contribution in [3.63, 3.8) is 0 Å². The van der Waals surface area contributed by atoms with Gasteiger partial charge in [0, 0.05) is 75.2 Å². The van der Waals surface area contributed by atoms with Gasteiger partial charge in [-0.2, -0.15) is 0 Å². The van der Waals surface area contributed by atoms with Crippen LogP contribution in [0.2, 0.25) is 0 Å². The van der Waals surface area contributed by atoms with E-state index in [4.69, 9.17) is 9.40 Å². The average Bonchev–Trinajstić information content (AvgIpc) is 3.34. The van der Waals surface area contributed by atoms with Crippen molar-refractivity contribution in [3.8, 4) is 22.5 Å². The topological polar surface area (TPSA) is 51.9 Å². The number of fused-ring (bicyclic) bond motifs is 1. The van der Waals surface area contributed by atoms with Crippen molar-refractivity contribution in [1.82, 2.24) is 19.8 Å². The van der Waals surface area contributed by atoms with Crippen LogP contribution in [-0.4, -0.2) is 85.2 Å². The number of hydrogen-bond acceptors (Lipinski definition) is 7. The third-order valence-electron chi connectivity index (χ3n) is 7.87. The lowest BCUT2D eigenvalue weighted by Crippen LogP contribution is -2.48. The Morgan fingerprint density at radius 3 is 2.08 bits per heavy atom. The van der Waals surface area contributed by atoms with Crippen LogP contribution in [0.5, 0.6) is 0 Å². The van der Waals surface area contributed by atoms with Gasteiger partial charge in [0.1, 0.15) is 17.9 Å². The molecule has 2 fully saturated rings. The second kappa shape index (κ2) is 10.1. The Balaban J connectivity index is 1.39. The third-order valence-corrected chi connectivity index (χ3v) is 7.87. The van der Waals surface area contributed by atoms with E-state index < -0.39 is 0 Å². The van der Waals surface area contributed by atoms with Crippen molar-refractivity contribution in [2.75, 3.05) is 69.2 Å². The number of piperazine rings is 2. The van der Waals surface area contributed by atoms with Gasteiger partial charge in [-0.15, -0.1) is 0 Å². The fourth-order valence-electron chi connectivity index (χ4n) is 5.58. The summed E-state index contributed by atoms with van der Waals surface area (Å²) in [4.78, 5) is 19.1. The average molecular weight is 497 g/mol. The number of hydrogen-bond donors (Lipinski definition) is 0. The monoisotopic (exact) mass is 496 g/mol. The van der Waals surface area contributed by atoms with Crippen LogP contribution in [0.4, 0.5) is 11.5 Å². The zero-order valence-electron chi connectivity index (χ0n) is 22.1. The van der Waals surface area contributed by atoms with Gasteiger partial charge >= 0.3 is 0 Å². The van der Waals surface area contributed by atoms with Crippen LogP contribution < -0.4 is 9.80 Å². The van der Waals surface area contributed by atoms with Crippen molar-refractivity contribution in [2.45, 2.75) is 19.9 Å². The maximum Gasteiger partial charge on any atom is 0.232 e. The van der Waals surface area contributed by atoms with E-state index in [1.165, 1.54) is 5.69 Å². The summed E-state index contributed by atoms with van der Waals surface area (Å²) in [6, 6.07) is 20.0. The molecule has 0 atom stereocenters. The van der Waals surface area contributed by atoms with Gasteiger partial charge in [-0.25, -0.2) is 9.97 Å². The smallest absolute Gasteiger partial charge is 0.232 e. The minimum Gasteiger partial charge on any atom is -0.437 e. The van der Waals surface area contributed by atoms with Gasteiger partial charge in [-0.05, 0) is 50.7 Å². The van der Waals surface area contributed by atoms with E-state index in [-0.39, 0.29) is 0 Å². The molecular formula is C30H36N6O. The van der Waals surface area contributed by atoms with Gasteiger partial charge in [0.15, 0.2) is 0 Å². The predicted molar refractivity (Wildman–Crippen MR) is 151 cm³/mol. The van der Waals surface area contributed by atoms with Crippen molar-refractivity contribution in [1.29, 1.82) is 0 Å². The number of anilines is 2. The van der Waals surface area contributed by atoms with Gasteiger partial charge in [0.2, 0.25) is 5.71 Å². The van der Waals surface area contributed by atoms with Crippen molar-refractivity contribution in [2.24, 2.45) is 0 Å². The highest BCUT2D eigenvalue weighted by molar-refractivity contribution is 6.06. The molecule has 0 amide bonds. The van der Waals surface area contributed by atoms with E-state index in [0.29, 0.717) is 11.8 Å². The van der Waals surface area contributed by atoms with Gasteiger partial charge in [0.25, 0.3) is 0 Å². The summed E-state index contributed by atoms with van der Waals surface area (Å²) < 4.78 is 6.51. The summed E-state index contributed by atoms with van der Waals surface area (Å²) in [6.07, 6.45) is 1.64. The van der Waals surface area contributed by atoms with Crippen LogP contribution in [0.15, 0.2) is 65.3 Å². The Morgan fingerprint density at radius 1 is 0.730 bits per heavy atom. The maximum absolute atomic E-state index is 6.51. The zero-order chi connectivity index (χ0) is 25.4. The molecule has 2 aliphatic heterocycles. The van der Waals surface area contributed by atoms with Crippen LogP contribution in [0.3, 0.4) is 0 Å². The molecule has 2 aliphatic rings. The molecule has 7 nitrogen and oxygen atoms in total. The molecule has 0 spiro atoms. The molecule has 6 rings (SSSR count). The first-order valence-corrected chi connectivity index (χ1v) is 13.4. The van der Waals surface area contributed by atoms with E-state index in [1.807, 2.05) is 0 Å². The van der Waals surface area contributed by atoms with Crippen LogP contribution in [0, 0.1) is 0 Å². The maximum atomic E-state index is 6.51. The highest BCUT2D eigenvalue weighted by atomic mass is 16.3. The standard InChI is InChI=1S/C30H36N6O/c1-22(2)34-17-19-35(20-18-34)25-11-9-24(10-12-25)28-26(23-7-5-4-6-8-23)27-29(31-21-32-30(27)37-28)36-15-13-33(3)14-16-36/h4-12,21-22H,13-20H2,1-3H3. The number of nitrogens with zero attached hydrogens (tertiary/aromatic N) is 6. The van der Waals surface area contributed by atoms with E-state index >= 15 is 0 Å². The number of aromatic nitrogens is 2. The minimum atomic E-state index is 0.604. The Kier molecular flexibility index (Phi) is 6.57. The molecule has 0 aliphatic carbocycles. The summed E-state index contributed by atoms with van der Waals surface area (Å²) in [6.45, 7) is 12.8. The largest absolute Gasteiger partial charge is 0.437 e. The molecule has 2 saturated heterocycles. The van der Waals surface area contributed by atoms with E-state index in [0.717, 1.165) is 86.0 Å². The molecule has 0 N–H and O–H groups in total. The third kappa shape index (κ3) is 4.69. The highest BCUT2D eigenvalue weighted by Gasteiger charge is 2.26. The molecule has 4 aromatic rings. The van der Waals surface area contributed by atoms with Crippen LogP contribution >= 0.6 is 0 Å². The Labute approximate surface area is 219 Å². The molecule has 0 unspecified atom stereocenters. The lowest BCUT2D eigenvalue weighted by molar-refractivity contribution is 0.209. The Morgan fingerprint density at radius 2 is 1.41 bits per heavy atom. The Bertz CT molecular complexity index is 1330. The first-order chi connectivity index (χ1) is 18.1. The summed E-state index contributed by atoms with van der Waals surface area (Å²) in [5.74, 6) is 1.82. The molecule has 4 heterocycles. The summed E-state index contributed by atoms with van der Waals surface area (Å²) in [5, 5.41) is 1.00. The molecule has 0 radical (unpaired) electrons. The Hall–Kier alpha value is -3.42. The summed E-state index contributed by atoms with van der Waals surface area (Å²) in [7, 11) is 2.17. The van der Waals surface area contributed by atoms with Gasteiger partial charge in [-0.1, -0.05) is 30.3 Å². The zero-order valence-corrected chi connectivity index (χ0v) is 22.1. The van der Waals surface area contributed by atoms with E-state index in [2.05, 4.69) is 100 Å². The van der Waals surface area contributed by atoms with E-state index in [9.17, 15) is 0 Å². The second-order valence-corrected chi connectivity index (χ2v) is 10.5. The minimum absolute atomic E-state index is 0.604. The first-order valence-electron chi connectivity index (χ1n) is 13.4. The van der Waals surface area contributed by atoms with Crippen molar-refractivity contribution in [3.05, 3.63) is 60.9 Å². The van der Waals surface area contributed by atoms with Crippen LogP contribution in [0.25, 0.3) is 33.6 Å². The lowest BCUT2D eigenvalue weighted by atomic mass is 9.99. The molecule has 7 heteroatoms. The molecule has 0 saturated carbocycles. The van der Waals surface area contributed by atoms with Crippen molar-refractivity contribution < 1.29 is 4.42 Å². The fourth-order valence-corrected chi connectivity index (χ4v) is 5.58. The number of rotatable bonds is 5. The van der Waals surface area contributed by atoms with Crippen LogP contribution in [-0.2, 0) is 0 Å². The molecular weight excluding hydrogens is 460 g/mol. The van der Waals surface area contributed by atoms with Gasteiger partial charge in [-0.3, -0.25) is 4.90 Å². The van der Waals surface area contributed by atoms with Crippen LogP contribution in [0.1, 0.15) is 13.8 Å². The summed E-state index contributed by atoms with van der Waals surface area (Å²) >= 11 is 0. The normalized spacial score (nSPS) is 17.7. The SMILES string of the molecule is CC(C)N1CCN(c2ccc(-c3oc4ncnc(N5CCN(C)CC5)c4c3-c3ccccc3)cc2)CC1. The molecule has 192 valence electrons. The number of benzene rings is 2. The fraction of sp³-hybridized carbons (Fsp3) is 0.400. The predicted octanol–water partition coefficient (Wildman–Crippen LogP) is 4.84.